The summed E-state index contributed by atoms with van der Waals surface area (Å²) in [6.45, 7) is 2.03. The van der Waals surface area contributed by atoms with E-state index >= 15 is 0 Å². The van der Waals surface area contributed by atoms with E-state index < -0.39 is 5.97 Å². The van der Waals surface area contributed by atoms with Crippen LogP contribution in [0.3, 0.4) is 0 Å². The fourth-order valence-electron chi connectivity index (χ4n) is 1.91. The summed E-state index contributed by atoms with van der Waals surface area (Å²) in [5.74, 6) is 1.33. The van der Waals surface area contributed by atoms with Gasteiger partial charge in [0.1, 0.15) is 0 Å². The van der Waals surface area contributed by atoms with Crippen LogP contribution in [-0.4, -0.2) is 35.7 Å². The normalized spacial score (nSPS) is 16.2. The van der Waals surface area contributed by atoms with Gasteiger partial charge in [0.05, 0.1) is 0 Å². The highest BCUT2D eigenvalue weighted by Crippen LogP contribution is 2.27. The van der Waals surface area contributed by atoms with Crippen LogP contribution in [0.4, 0.5) is 5.69 Å². The number of thioether (sulfide) groups is 1. The van der Waals surface area contributed by atoms with Gasteiger partial charge in [-0.3, -0.25) is 0 Å². The second-order valence-corrected chi connectivity index (χ2v) is 6.11. The highest BCUT2D eigenvalue weighted by molar-refractivity contribution is 9.10. The largest absolute Gasteiger partial charge is 0.478 e. The number of carboxylic acid groups (broad SMARTS) is 1. The number of carboxylic acids is 1. The first-order valence-corrected chi connectivity index (χ1v) is 7.65. The number of anilines is 1. The topological polar surface area (TPSA) is 40.5 Å². The molecule has 0 bridgehead atoms. The zero-order chi connectivity index (χ0) is 13.0. The van der Waals surface area contributed by atoms with E-state index in [0.29, 0.717) is 0 Å². The van der Waals surface area contributed by atoms with Gasteiger partial charge in [0, 0.05) is 40.8 Å². The zero-order valence-electron chi connectivity index (χ0n) is 9.80. The Bertz CT molecular complexity index is 470. The quantitative estimate of drug-likeness (QED) is 0.866. The summed E-state index contributed by atoms with van der Waals surface area (Å²) in [7, 11) is 0. The predicted octanol–water partition coefficient (Wildman–Crippen LogP) is 3.10. The maximum Gasteiger partial charge on any atom is 0.328 e. The zero-order valence-corrected chi connectivity index (χ0v) is 12.2. The lowest BCUT2D eigenvalue weighted by molar-refractivity contribution is -0.131. The molecule has 0 unspecified atom stereocenters. The molecule has 1 N–H and O–H groups in total. The van der Waals surface area contributed by atoms with E-state index in [1.54, 1.807) is 6.08 Å². The molecule has 0 aromatic heterocycles. The van der Waals surface area contributed by atoms with Crippen LogP contribution in [0.2, 0.25) is 0 Å². The number of hydrogen-bond donors (Lipinski definition) is 1. The first-order valence-electron chi connectivity index (χ1n) is 5.70. The first kappa shape index (κ1) is 13.5. The van der Waals surface area contributed by atoms with Crippen molar-refractivity contribution in [2.75, 3.05) is 29.5 Å². The molecule has 1 saturated heterocycles. The lowest BCUT2D eigenvalue weighted by Crippen LogP contribution is -2.32. The predicted molar refractivity (Wildman–Crippen MR) is 80.3 cm³/mol. The minimum atomic E-state index is -0.921. The number of halogens is 1. The summed E-state index contributed by atoms with van der Waals surface area (Å²) in [4.78, 5) is 12.9. The Kier molecular flexibility index (Phi) is 4.72. The monoisotopic (exact) mass is 327 g/mol. The molecule has 0 aliphatic carbocycles. The summed E-state index contributed by atoms with van der Waals surface area (Å²) < 4.78 is 0.961. The Morgan fingerprint density at radius 2 is 2.11 bits per heavy atom. The number of aliphatic carboxylic acids is 1. The van der Waals surface area contributed by atoms with E-state index in [4.69, 9.17) is 5.11 Å². The number of carbonyl (C=O) groups is 1. The van der Waals surface area contributed by atoms with E-state index in [-0.39, 0.29) is 0 Å². The van der Waals surface area contributed by atoms with E-state index in [0.717, 1.165) is 40.3 Å². The van der Waals surface area contributed by atoms with Crippen LogP contribution in [-0.2, 0) is 4.79 Å². The highest BCUT2D eigenvalue weighted by atomic mass is 79.9. The van der Waals surface area contributed by atoms with Crippen LogP contribution >= 0.6 is 27.7 Å². The van der Waals surface area contributed by atoms with Crippen LogP contribution in [0, 0.1) is 0 Å². The van der Waals surface area contributed by atoms with Crippen molar-refractivity contribution in [1.82, 2.24) is 0 Å². The molecule has 18 heavy (non-hydrogen) atoms. The first-order chi connectivity index (χ1) is 8.66. The molecule has 96 valence electrons. The third kappa shape index (κ3) is 3.53. The van der Waals surface area contributed by atoms with Gasteiger partial charge >= 0.3 is 5.97 Å². The maximum atomic E-state index is 10.6. The number of benzene rings is 1. The van der Waals surface area contributed by atoms with E-state index in [9.17, 15) is 4.79 Å². The van der Waals surface area contributed by atoms with Crippen molar-refractivity contribution in [2.24, 2.45) is 0 Å². The highest BCUT2D eigenvalue weighted by Gasteiger charge is 2.13. The molecule has 1 aromatic rings. The Hall–Kier alpha value is -0.940. The van der Waals surface area contributed by atoms with Crippen molar-refractivity contribution in [2.45, 2.75) is 0 Å². The molecule has 5 heteroatoms. The standard InChI is InChI=1S/C13H14BrNO2S/c14-11-2-3-12(15-5-7-18-8-6-15)10(9-11)1-4-13(16)17/h1-4,9H,5-8H2,(H,16,17)/b4-1+. The lowest BCUT2D eigenvalue weighted by Gasteiger charge is -2.30. The smallest absolute Gasteiger partial charge is 0.328 e. The van der Waals surface area contributed by atoms with Crippen LogP contribution in [0.25, 0.3) is 6.08 Å². The van der Waals surface area contributed by atoms with Gasteiger partial charge in [-0.1, -0.05) is 15.9 Å². The van der Waals surface area contributed by atoms with Crippen molar-refractivity contribution in [1.29, 1.82) is 0 Å². The van der Waals surface area contributed by atoms with Crippen LogP contribution in [0.15, 0.2) is 28.7 Å². The Balaban J connectivity index is 2.30. The van der Waals surface area contributed by atoms with Gasteiger partial charge in [-0.05, 0) is 29.8 Å². The minimum absolute atomic E-state index is 0.921. The van der Waals surface area contributed by atoms with E-state index in [1.807, 2.05) is 30.0 Å². The molecular formula is C13H14BrNO2S. The van der Waals surface area contributed by atoms with Crippen LogP contribution in [0.1, 0.15) is 5.56 Å². The molecule has 1 aliphatic rings. The van der Waals surface area contributed by atoms with Gasteiger partial charge in [0.25, 0.3) is 0 Å². The van der Waals surface area contributed by atoms with Crippen molar-refractivity contribution >= 4 is 45.4 Å². The van der Waals surface area contributed by atoms with Gasteiger partial charge in [0.2, 0.25) is 0 Å². The molecule has 0 saturated carbocycles. The average Bonchev–Trinajstić information content (AvgIpc) is 2.37. The SMILES string of the molecule is O=C(O)/C=C/c1cc(Br)ccc1N1CCSCC1. The van der Waals surface area contributed by atoms with Crippen LogP contribution < -0.4 is 4.90 Å². The fourth-order valence-corrected chi connectivity index (χ4v) is 3.19. The molecule has 1 aromatic carbocycles. The van der Waals surface area contributed by atoms with Gasteiger partial charge in [0.15, 0.2) is 0 Å². The fraction of sp³-hybridized carbons (Fsp3) is 0.308. The lowest BCUT2D eigenvalue weighted by atomic mass is 10.1. The summed E-state index contributed by atoms with van der Waals surface area (Å²) >= 11 is 5.38. The molecule has 1 aliphatic heterocycles. The molecule has 0 spiro atoms. The average molecular weight is 328 g/mol. The summed E-state index contributed by atoms with van der Waals surface area (Å²) in [6.07, 6.45) is 2.84. The second-order valence-electron chi connectivity index (χ2n) is 3.97. The molecule has 0 atom stereocenters. The molecule has 1 heterocycles. The van der Waals surface area contributed by atoms with Gasteiger partial charge < -0.3 is 10.0 Å². The molecule has 0 radical (unpaired) electrons. The maximum absolute atomic E-state index is 10.6. The van der Waals surface area contributed by atoms with Crippen molar-refractivity contribution < 1.29 is 9.90 Å². The Labute approximate surface area is 119 Å². The number of rotatable bonds is 3. The van der Waals surface area contributed by atoms with Gasteiger partial charge in [-0.25, -0.2) is 4.79 Å². The Morgan fingerprint density at radius 3 is 2.78 bits per heavy atom. The van der Waals surface area contributed by atoms with Crippen molar-refractivity contribution in [3.63, 3.8) is 0 Å². The molecule has 1 fully saturated rings. The number of nitrogens with zero attached hydrogens (tertiary/aromatic N) is 1. The summed E-state index contributed by atoms with van der Waals surface area (Å²) in [5, 5.41) is 8.73. The second kappa shape index (κ2) is 6.29. The molecule has 0 amide bonds. The van der Waals surface area contributed by atoms with Crippen LogP contribution in [0.5, 0.6) is 0 Å². The summed E-state index contributed by atoms with van der Waals surface area (Å²) in [6, 6.07) is 5.99. The van der Waals surface area contributed by atoms with E-state index in [2.05, 4.69) is 20.8 Å². The summed E-state index contributed by atoms with van der Waals surface area (Å²) in [5.41, 5.74) is 2.05. The third-order valence-electron chi connectivity index (χ3n) is 2.75. The van der Waals surface area contributed by atoms with Gasteiger partial charge in [-0.15, -0.1) is 0 Å². The van der Waals surface area contributed by atoms with E-state index in [1.165, 1.54) is 6.08 Å². The molecular weight excluding hydrogens is 314 g/mol. The minimum Gasteiger partial charge on any atom is -0.478 e. The molecule has 2 rings (SSSR count). The third-order valence-corrected chi connectivity index (χ3v) is 4.18. The van der Waals surface area contributed by atoms with Crippen molar-refractivity contribution in [3.8, 4) is 0 Å². The number of hydrogen-bond acceptors (Lipinski definition) is 3. The van der Waals surface area contributed by atoms with Gasteiger partial charge in [-0.2, -0.15) is 11.8 Å². The molecule has 3 nitrogen and oxygen atoms in total. The Morgan fingerprint density at radius 1 is 1.39 bits per heavy atom. The van der Waals surface area contributed by atoms with Crippen molar-refractivity contribution in [3.05, 3.63) is 34.3 Å².